The van der Waals surface area contributed by atoms with Crippen LogP contribution in [0.4, 0.5) is 10.1 Å². The monoisotopic (exact) mass is 421 g/mol. The van der Waals surface area contributed by atoms with Crippen molar-refractivity contribution in [2.24, 2.45) is 0 Å². The van der Waals surface area contributed by atoms with Gasteiger partial charge in [-0.15, -0.1) is 0 Å². The highest BCUT2D eigenvalue weighted by molar-refractivity contribution is 5.90. The molecule has 1 N–H and O–H groups in total. The fourth-order valence-electron chi connectivity index (χ4n) is 3.09. The highest BCUT2D eigenvalue weighted by Crippen LogP contribution is 2.21. The molecule has 0 aliphatic rings. The van der Waals surface area contributed by atoms with E-state index in [1.165, 1.54) is 16.9 Å². The van der Waals surface area contributed by atoms with Gasteiger partial charge in [-0.1, -0.05) is 6.07 Å². The van der Waals surface area contributed by atoms with Crippen molar-refractivity contribution in [3.63, 3.8) is 0 Å². The molecule has 0 fully saturated rings. The van der Waals surface area contributed by atoms with E-state index in [4.69, 9.17) is 4.74 Å². The molecule has 4 aromatic rings. The highest BCUT2D eigenvalue weighted by Gasteiger charge is 2.13. The number of benzene rings is 2. The van der Waals surface area contributed by atoms with Crippen molar-refractivity contribution in [2.45, 2.75) is 20.4 Å². The standard InChI is InChI=1S/C22H20FN5O3/c1-3-31-17-8-5-15(6-9-17)19-11-20-22(30)27(24-13-28(20)26-19)12-21(29)25-16-7-4-14(2)18(23)10-16/h4-11,13H,3,12H2,1-2H3,(H,25,29). The summed E-state index contributed by atoms with van der Waals surface area (Å²) in [6.45, 7) is 3.81. The van der Waals surface area contributed by atoms with Gasteiger partial charge in [-0.2, -0.15) is 10.2 Å². The Kier molecular flexibility index (Phi) is 5.48. The van der Waals surface area contributed by atoms with Gasteiger partial charge in [0.1, 0.15) is 30.0 Å². The van der Waals surface area contributed by atoms with Crippen LogP contribution in [-0.4, -0.2) is 31.9 Å². The van der Waals surface area contributed by atoms with Gasteiger partial charge in [-0.3, -0.25) is 9.59 Å². The van der Waals surface area contributed by atoms with Gasteiger partial charge >= 0.3 is 0 Å². The van der Waals surface area contributed by atoms with Crippen LogP contribution in [0.2, 0.25) is 0 Å². The van der Waals surface area contributed by atoms with Crippen LogP contribution in [0.5, 0.6) is 5.75 Å². The van der Waals surface area contributed by atoms with Gasteiger partial charge in [0.2, 0.25) is 5.91 Å². The summed E-state index contributed by atoms with van der Waals surface area (Å²) < 4.78 is 21.5. The second kappa shape index (κ2) is 8.39. The van der Waals surface area contributed by atoms with Crippen LogP contribution >= 0.6 is 0 Å². The number of halogens is 1. The topological polar surface area (TPSA) is 90.5 Å². The quantitative estimate of drug-likeness (QED) is 0.517. The van der Waals surface area contributed by atoms with Crippen LogP contribution in [-0.2, 0) is 11.3 Å². The number of hydrogen-bond donors (Lipinski definition) is 1. The van der Waals surface area contributed by atoms with E-state index < -0.39 is 17.3 Å². The first-order valence-corrected chi connectivity index (χ1v) is 9.69. The zero-order chi connectivity index (χ0) is 22.0. The molecule has 0 spiro atoms. The van der Waals surface area contributed by atoms with Crippen LogP contribution in [0, 0.1) is 12.7 Å². The normalized spacial score (nSPS) is 10.9. The fourth-order valence-corrected chi connectivity index (χ4v) is 3.09. The predicted molar refractivity (Wildman–Crippen MR) is 114 cm³/mol. The fraction of sp³-hybridized carbons (Fsp3) is 0.182. The third-order valence-electron chi connectivity index (χ3n) is 4.70. The maximum absolute atomic E-state index is 13.7. The van der Waals surface area contributed by atoms with Crippen LogP contribution in [0.1, 0.15) is 12.5 Å². The Hall–Kier alpha value is -4.01. The Morgan fingerprint density at radius 2 is 1.94 bits per heavy atom. The minimum atomic E-state index is -0.492. The molecular formula is C22H20FN5O3. The summed E-state index contributed by atoms with van der Waals surface area (Å²) in [4.78, 5) is 25.1. The third-order valence-corrected chi connectivity index (χ3v) is 4.70. The molecular weight excluding hydrogens is 401 g/mol. The molecule has 0 atom stereocenters. The van der Waals surface area contributed by atoms with E-state index in [0.29, 0.717) is 23.6 Å². The Balaban J connectivity index is 1.55. The molecule has 2 aromatic heterocycles. The van der Waals surface area contributed by atoms with E-state index in [2.05, 4.69) is 15.5 Å². The Morgan fingerprint density at radius 3 is 2.65 bits per heavy atom. The van der Waals surface area contributed by atoms with E-state index in [9.17, 15) is 14.0 Å². The zero-order valence-electron chi connectivity index (χ0n) is 17.0. The van der Waals surface area contributed by atoms with Crippen molar-refractivity contribution in [3.05, 3.63) is 76.6 Å². The first-order valence-electron chi connectivity index (χ1n) is 9.69. The molecule has 0 aliphatic carbocycles. The average Bonchev–Trinajstić information content (AvgIpc) is 3.19. The van der Waals surface area contributed by atoms with Crippen LogP contribution in [0.15, 0.2) is 59.7 Å². The van der Waals surface area contributed by atoms with Gasteiger partial charge in [-0.05, 0) is 61.9 Å². The number of nitrogens with zero attached hydrogens (tertiary/aromatic N) is 4. The number of hydrogen-bond acceptors (Lipinski definition) is 5. The van der Waals surface area contributed by atoms with Gasteiger partial charge in [0.25, 0.3) is 5.56 Å². The zero-order valence-corrected chi connectivity index (χ0v) is 17.0. The lowest BCUT2D eigenvalue weighted by molar-refractivity contribution is -0.117. The highest BCUT2D eigenvalue weighted by atomic mass is 19.1. The summed E-state index contributed by atoms with van der Waals surface area (Å²) in [7, 11) is 0. The van der Waals surface area contributed by atoms with Crippen LogP contribution in [0.25, 0.3) is 16.8 Å². The second-order valence-electron chi connectivity index (χ2n) is 6.92. The first-order chi connectivity index (χ1) is 14.9. The Bertz CT molecular complexity index is 1310. The molecule has 0 aliphatic heterocycles. The molecule has 0 saturated carbocycles. The molecule has 31 heavy (non-hydrogen) atoms. The lowest BCUT2D eigenvalue weighted by atomic mass is 10.1. The summed E-state index contributed by atoms with van der Waals surface area (Å²) >= 11 is 0. The number of amides is 1. The molecule has 4 rings (SSSR count). The summed E-state index contributed by atoms with van der Waals surface area (Å²) in [5.74, 6) is -0.164. The minimum Gasteiger partial charge on any atom is -0.494 e. The van der Waals surface area contributed by atoms with E-state index >= 15 is 0 Å². The number of carbonyl (C=O) groups is 1. The molecule has 0 unspecified atom stereocenters. The van der Waals surface area contributed by atoms with Crippen LogP contribution < -0.4 is 15.6 Å². The van der Waals surface area contributed by atoms with Gasteiger partial charge in [0.15, 0.2) is 0 Å². The smallest absolute Gasteiger partial charge is 0.293 e. The number of ether oxygens (including phenoxy) is 1. The first kappa shape index (κ1) is 20.3. The van der Waals surface area contributed by atoms with E-state index in [0.717, 1.165) is 16.0 Å². The van der Waals surface area contributed by atoms with E-state index in [1.54, 1.807) is 25.1 Å². The lowest BCUT2D eigenvalue weighted by Crippen LogP contribution is -2.30. The van der Waals surface area contributed by atoms with Gasteiger partial charge < -0.3 is 10.1 Å². The Labute approximate surface area is 176 Å². The molecule has 2 aromatic carbocycles. The van der Waals surface area contributed by atoms with Gasteiger partial charge in [0, 0.05) is 11.3 Å². The van der Waals surface area contributed by atoms with Gasteiger partial charge in [0.05, 0.1) is 12.3 Å². The molecule has 0 radical (unpaired) electrons. The summed E-state index contributed by atoms with van der Waals surface area (Å²) in [6, 6.07) is 13.4. The SMILES string of the molecule is CCOc1ccc(-c2cc3c(=O)n(CC(=O)Nc4ccc(C)c(F)c4)ncn3n2)cc1. The van der Waals surface area contributed by atoms with Crippen molar-refractivity contribution < 1.29 is 13.9 Å². The molecule has 8 nitrogen and oxygen atoms in total. The number of aryl methyl sites for hydroxylation is 1. The lowest BCUT2D eigenvalue weighted by Gasteiger charge is -2.07. The van der Waals surface area contributed by atoms with Crippen molar-refractivity contribution in [3.8, 4) is 17.0 Å². The number of anilines is 1. The van der Waals surface area contributed by atoms with Crippen molar-refractivity contribution >= 4 is 17.1 Å². The molecule has 0 bridgehead atoms. The maximum Gasteiger partial charge on any atom is 0.293 e. The molecule has 2 heterocycles. The number of carbonyl (C=O) groups excluding carboxylic acids is 1. The minimum absolute atomic E-state index is 0.285. The van der Waals surface area contributed by atoms with E-state index in [-0.39, 0.29) is 12.1 Å². The molecule has 0 saturated heterocycles. The number of aromatic nitrogens is 4. The van der Waals surface area contributed by atoms with Crippen molar-refractivity contribution in [1.29, 1.82) is 0 Å². The molecule has 9 heteroatoms. The number of fused-ring (bicyclic) bond motifs is 1. The van der Waals surface area contributed by atoms with Crippen molar-refractivity contribution in [1.82, 2.24) is 19.4 Å². The third kappa shape index (κ3) is 4.30. The average molecular weight is 421 g/mol. The number of nitrogens with one attached hydrogen (secondary N) is 1. The summed E-state index contributed by atoms with van der Waals surface area (Å²) in [6.07, 6.45) is 1.37. The number of rotatable bonds is 6. The molecule has 158 valence electrons. The van der Waals surface area contributed by atoms with E-state index in [1.807, 2.05) is 31.2 Å². The molecule has 1 amide bonds. The van der Waals surface area contributed by atoms with Crippen LogP contribution in [0.3, 0.4) is 0 Å². The Morgan fingerprint density at radius 1 is 1.16 bits per heavy atom. The predicted octanol–water partition coefficient (Wildman–Crippen LogP) is 3.04. The summed E-state index contributed by atoms with van der Waals surface area (Å²) in [5, 5.41) is 11.0. The van der Waals surface area contributed by atoms with Gasteiger partial charge in [-0.25, -0.2) is 13.6 Å². The second-order valence-corrected chi connectivity index (χ2v) is 6.92. The van der Waals surface area contributed by atoms with Crippen molar-refractivity contribution in [2.75, 3.05) is 11.9 Å². The maximum atomic E-state index is 13.7. The summed E-state index contributed by atoms with van der Waals surface area (Å²) in [5.41, 5.74) is 2.02. The largest absolute Gasteiger partial charge is 0.494 e.